The fourth-order valence-corrected chi connectivity index (χ4v) is 2.94. The third kappa shape index (κ3) is 3.46. The second kappa shape index (κ2) is 6.19. The van der Waals surface area contributed by atoms with Gasteiger partial charge in [-0.15, -0.1) is 0 Å². The second-order valence-corrected chi connectivity index (χ2v) is 6.44. The van der Waals surface area contributed by atoms with Gasteiger partial charge in [-0.3, -0.25) is 0 Å². The van der Waals surface area contributed by atoms with E-state index in [1.807, 2.05) is 0 Å². The van der Waals surface area contributed by atoms with Gasteiger partial charge in [0.25, 0.3) is 0 Å². The van der Waals surface area contributed by atoms with Gasteiger partial charge < -0.3 is 0 Å². The normalized spacial score (nSPS) is 16.0. The smallest absolute Gasteiger partial charge is 0.00104 e. The first-order chi connectivity index (χ1) is 10.6. The van der Waals surface area contributed by atoms with Crippen molar-refractivity contribution in [2.24, 2.45) is 5.41 Å². The quantitative estimate of drug-likeness (QED) is 0.604. The molecule has 1 aliphatic rings. The van der Waals surface area contributed by atoms with Crippen molar-refractivity contribution in [3.05, 3.63) is 102 Å². The van der Waals surface area contributed by atoms with Crippen LogP contribution in [0.2, 0.25) is 0 Å². The molecule has 0 bridgehead atoms. The van der Waals surface area contributed by atoms with Gasteiger partial charge in [0.15, 0.2) is 0 Å². The van der Waals surface area contributed by atoms with Crippen molar-refractivity contribution in [1.29, 1.82) is 0 Å². The molecule has 2 aromatic rings. The van der Waals surface area contributed by atoms with Gasteiger partial charge >= 0.3 is 0 Å². The summed E-state index contributed by atoms with van der Waals surface area (Å²) in [5.41, 5.74) is 5.35. The summed E-state index contributed by atoms with van der Waals surface area (Å²) in [5.74, 6) is 0. The molecule has 0 atom stereocenters. The molecule has 0 heteroatoms. The maximum absolute atomic E-state index is 2.37. The molecule has 0 amide bonds. The number of hydrogen-bond donors (Lipinski definition) is 0. The van der Waals surface area contributed by atoms with Gasteiger partial charge in [0.05, 0.1) is 0 Å². The average molecular weight is 286 g/mol. The predicted octanol–water partition coefficient (Wildman–Crippen LogP) is 6.03. The molecule has 3 rings (SSSR count). The molecular weight excluding hydrogens is 264 g/mol. The van der Waals surface area contributed by atoms with Gasteiger partial charge in [0, 0.05) is 5.41 Å². The van der Waals surface area contributed by atoms with Crippen molar-refractivity contribution in [3.63, 3.8) is 0 Å². The van der Waals surface area contributed by atoms with Crippen molar-refractivity contribution >= 4 is 5.57 Å². The molecule has 110 valence electrons. The Bertz CT molecular complexity index is 672. The van der Waals surface area contributed by atoms with Gasteiger partial charge in [-0.2, -0.15) is 0 Å². The monoisotopic (exact) mass is 286 g/mol. The van der Waals surface area contributed by atoms with Crippen LogP contribution in [0.5, 0.6) is 0 Å². The Labute approximate surface area is 133 Å². The lowest BCUT2D eigenvalue weighted by Gasteiger charge is -2.21. The molecule has 0 saturated heterocycles. The summed E-state index contributed by atoms with van der Waals surface area (Å²) >= 11 is 0. The SMILES string of the molecule is CC1(C)C=CCC(C=C(c2ccccc2)c2ccccc2)=C1. The fourth-order valence-electron chi connectivity index (χ4n) is 2.94. The number of allylic oxidation sites excluding steroid dienone is 5. The molecule has 0 heterocycles. The summed E-state index contributed by atoms with van der Waals surface area (Å²) in [6.07, 6.45) is 10.3. The minimum atomic E-state index is 0.141. The highest BCUT2D eigenvalue weighted by Crippen LogP contribution is 2.31. The Morgan fingerprint density at radius 3 is 1.91 bits per heavy atom. The van der Waals surface area contributed by atoms with E-state index in [0.29, 0.717) is 0 Å². The summed E-state index contributed by atoms with van der Waals surface area (Å²) in [7, 11) is 0. The van der Waals surface area contributed by atoms with Crippen molar-refractivity contribution in [1.82, 2.24) is 0 Å². The Hall–Kier alpha value is -2.34. The third-order valence-electron chi connectivity index (χ3n) is 3.96. The maximum atomic E-state index is 2.37. The van der Waals surface area contributed by atoms with E-state index in [-0.39, 0.29) is 5.41 Å². The first-order valence-corrected chi connectivity index (χ1v) is 7.86. The van der Waals surface area contributed by atoms with E-state index in [4.69, 9.17) is 0 Å². The maximum Gasteiger partial charge on any atom is 0.00104 e. The molecular formula is C22H22. The fraction of sp³-hybridized carbons (Fsp3) is 0.182. The Kier molecular flexibility index (Phi) is 4.11. The van der Waals surface area contributed by atoms with E-state index < -0.39 is 0 Å². The third-order valence-corrected chi connectivity index (χ3v) is 3.96. The van der Waals surface area contributed by atoms with E-state index in [1.165, 1.54) is 22.3 Å². The van der Waals surface area contributed by atoms with E-state index in [1.54, 1.807) is 0 Å². The van der Waals surface area contributed by atoms with Crippen LogP contribution in [0.25, 0.3) is 5.57 Å². The van der Waals surface area contributed by atoms with Crippen LogP contribution in [0.1, 0.15) is 31.4 Å². The van der Waals surface area contributed by atoms with Gasteiger partial charge in [-0.25, -0.2) is 0 Å². The molecule has 0 spiro atoms. The number of rotatable bonds is 3. The van der Waals surface area contributed by atoms with Crippen LogP contribution in [-0.2, 0) is 0 Å². The van der Waals surface area contributed by atoms with E-state index in [2.05, 4.69) is 98.8 Å². The largest absolute Gasteiger partial charge is 0.0833 e. The van der Waals surface area contributed by atoms with Crippen LogP contribution < -0.4 is 0 Å². The summed E-state index contributed by atoms with van der Waals surface area (Å²) in [6, 6.07) is 21.3. The van der Waals surface area contributed by atoms with Gasteiger partial charge in [0.1, 0.15) is 0 Å². The second-order valence-electron chi connectivity index (χ2n) is 6.44. The van der Waals surface area contributed by atoms with E-state index in [9.17, 15) is 0 Å². The topological polar surface area (TPSA) is 0 Å². The highest BCUT2D eigenvalue weighted by molar-refractivity contribution is 5.81. The molecule has 0 N–H and O–H groups in total. The lowest BCUT2D eigenvalue weighted by atomic mass is 9.84. The van der Waals surface area contributed by atoms with Crippen LogP contribution in [-0.4, -0.2) is 0 Å². The first kappa shape index (κ1) is 14.6. The number of hydrogen-bond acceptors (Lipinski definition) is 0. The molecule has 0 fully saturated rings. The molecule has 2 aromatic carbocycles. The van der Waals surface area contributed by atoms with Crippen LogP contribution in [0, 0.1) is 5.41 Å². The van der Waals surface area contributed by atoms with Gasteiger partial charge in [0.2, 0.25) is 0 Å². The molecule has 0 radical (unpaired) electrons. The Morgan fingerprint density at radius 1 is 0.864 bits per heavy atom. The minimum absolute atomic E-state index is 0.141. The summed E-state index contributed by atoms with van der Waals surface area (Å²) in [6.45, 7) is 4.50. The molecule has 0 aliphatic heterocycles. The molecule has 0 saturated carbocycles. The van der Waals surface area contributed by atoms with Crippen LogP contribution in [0.15, 0.2) is 90.5 Å². The van der Waals surface area contributed by atoms with Gasteiger partial charge in [-0.1, -0.05) is 98.8 Å². The van der Waals surface area contributed by atoms with Gasteiger partial charge in [-0.05, 0) is 28.7 Å². The van der Waals surface area contributed by atoms with Crippen molar-refractivity contribution in [2.45, 2.75) is 20.3 Å². The van der Waals surface area contributed by atoms with E-state index >= 15 is 0 Å². The van der Waals surface area contributed by atoms with Crippen molar-refractivity contribution < 1.29 is 0 Å². The van der Waals surface area contributed by atoms with Crippen molar-refractivity contribution in [3.8, 4) is 0 Å². The molecule has 0 aromatic heterocycles. The van der Waals surface area contributed by atoms with Crippen molar-refractivity contribution in [2.75, 3.05) is 0 Å². The average Bonchev–Trinajstić information content (AvgIpc) is 2.53. The van der Waals surface area contributed by atoms with E-state index in [0.717, 1.165) is 6.42 Å². The minimum Gasteiger partial charge on any atom is -0.0833 e. The molecule has 0 nitrogen and oxygen atoms in total. The zero-order valence-electron chi connectivity index (χ0n) is 13.3. The molecule has 22 heavy (non-hydrogen) atoms. The van der Waals surface area contributed by atoms with Crippen LogP contribution >= 0.6 is 0 Å². The highest BCUT2D eigenvalue weighted by Gasteiger charge is 2.15. The highest BCUT2D eigenvalue weighted by atomic mass is 14.2. The van der Waals surface area contributed by atoms with Crippen LogP contribution in [0.3, 0.4) is 0 Å². The zero-order valence-corrected chi connectivity index (χ0v) is 13.3. The molecule has 0 unspecified atom stereocenters. The molecule has 1 aliphatic carbocycles. The lowest BCUT2D eigenvalue weighted by molar-refractivity contribution is 0.610. The first-order valence-electron chi connectivity index (χ1n) is 7.86. The zero-order chi connectivity index (χ0) is 15.4. The number of benzene rings is 2. The summed E-state index contributed by atoms with van der Waals surface area (Å²) in [4.78, 5) is 0. The Balaban J connectivity index is 2.07. The van der Waals surface area contributed by atoms with Crippen LogP contribution in [0.4, 0.5) is 0 Å². The summed E-state index contributed by atoms with van der Waals surface area (Å²) < 4.78 is 0. The lowest BCUT2D eigenvalue weighted by Crippen LogP contribution is -2.07. The Morgan fingerprint density at radius 2 is 1.41 bits per heavy atom. The predicted molar refractivity (Wildman–Crippen MR) is 95.6 cm³/mol. The standard InChI is InChI=1S/C22H22/c1-22(2)15-9-10-18(17-22)16-21(19-11-5-3-6-12-19)20-13-7-4-8-14-20/h3-9,11-17H,10H2,1-2H3. The summed E-state index contributed by atoms with van der Waals surface area (Å²) in [5, 5.41) is 0.